The third-order valence-corrected chi connectivity index (χ3v) is 4.96. The van der Waals surface area contributed by atoms with Gasteiger partial charge in [0.15, 0.2) is 0 Å². The lowest BCUT2D eigenvalue weighted by atomic mass is 10.1. The van der Waals surface area contributed by atoms with Gasteiger partial charge in [0.1, 0.15) is 5.75 Å². The van der Waals surface area contributed by atoms with E-state index in [-0.39, 0.29) is 6.04 Å². The summed E-state index contributed by atoms with van der Waals surface area (Å²) in [6.07, 6.45) is 0.201. The molecule has 0 aliphatic carbocycles. The van der Waals surface area contributed by atoms with Gasteiger partial charge in [-0.15, -0.1) is 0 Å². The first-order valence-electron chi connectivity index (χ1n) is 9.08. The van der Waals surface area contributed by atoms with Crippen molar-refractivity contribution in [1.29, 1.82) is 0 Å². The van der Waals surface area contributed by atoms with E-state index in [1.807, 2.05) is 24.3 Å². The van der Waals surface area contributed by atoms with Crippen LogP contribution < -0.4 is 4.74 Å². The molecule has 1 aliphatic heterocycles. The van der Waals surface area contributed by atoms with Gasteiger partial charge in [-0.2, -0.15) is 4.98 Å². The highest BCUT2D eigenvalue weighted by Gasteiger charge is 2.35. The first-order chi connectivity index (χ1) is 13.1. The van der Waals surface area contributed by atoms with E-state index in [0.29, 0.717) is 24.7 Å². The van der Waals surface area contributed by atoms with E-state index in [2.05, 4.69) is 46.2 Å². The number of ether oxygens (including phenoxy) is 1. The maximum absolute atomic E-state index is 10.2. The summed E-state index contributed by atoms with van der Waals surface area (Å²) in [6.45, 7) is 3.41. The number of aliphatic hydroxyl groups is 1. The van der Waals surface area contributed by atoms with Gasteiger partial charge in [-0.25, -0.2) is 0 Å². The predicted molar refractivity (Wildman–Crippen MR) is 101 cm³/mol. The fraction of sp³-hybridized carbons (Fsp3) is 0.333. The highest BCUT2D eigenvalue weighted by Crippen LogP contribution is 2.33. The lowest BCUT2D eigenvalue weighted by Crippen LogP contribution is -2.24. The minimum atomic E-state index is -0.392. The Kier molecular flexibility index (Phi) is 4.92. The van der Waals surface area contributed by atoms with Crippen molar-refractivity contribution in [2.24, 2.45) is 0 Å². The molecule has 2 aromatic carbocycles. The molecule has 0 saturated carbocycles. The Hall–Kier alpha value is -2.70. The van der Waals surface area contributed by atoms with Gasteiger partial charge in [0.05, 0.1) is 19.3 Å². The number of hydrogen-bond acceptors (Lipinski definition) is 6. The molecule has 0 radical (unpaired) electrons. The van der Waals surface area contributed by atoms with Crippen LogP contribution in [0.3, 0.4) is 0 Å². The van der Waals surface area contributed by atoms with Crippen LogP contribution in [0.4, 0.5) is 0 Å². The Morgan fingerprint density at radius 2 is 1.89 bits per heavy atom. The molecule has 6 nitrogen and oxygen atoms in total. The second kappa shape index (κ2) is 7.50. The molecule has 6 heteroatoms. The van der Waals surface area contributed by atoms with E-state index in [1.54, 1.807) is 7.11 Å². The summed E-state index contributed by atoms with van der Waals surface area (Å²) < 4.78 is 10.7. The van der Waals surface area contributed by atoms with Crippen LogP contribution in [0.25, 0.3) is 11.4 Å². The van der Waals surface area contributed by atoms with E-state index in [1.165, 1.54) is 11.1 Å². The highest BCUT2D eigenvalue weighted by atomic mass is 16.5. The molecule has 0 bridgehead atoms. The van der Waals surface area contributed by atoms with Gasteiger partial charge >= 0.3 is 0 Å². The Morgan fingerprint density at radius 1 is 1.15 bits per heavy atom. The molecule has 1 fully saturated rings. The van der Waals surface area contributed by atoms with Gasteiger partial charge in [-0.3, -0.25) is 4.90 Å². The largest absolute Gasteiger partial charge is 0.497 e. The fourth-order valence-corrected chi connectivity index (χ4v) is 3.47. The summed E-state index contributed by atoms with van der Waals surface area (Å²) in [7, 11) is 1.63. The zero-order chi connectivity index (χ0) is 18.8. The van der Waals surface area contributed by atoms with Crippen LogP contribution in [0, 0.1) is 6.92 Å². The van der Waals surface area contributed by atoms with Crippen molar-refractivity contribution >= 4 is 0 Å². The highest BCUT2D eigenvalue weighted by molar-refractivity contribution is 5.55. The zero-order valence-electron chi connectivity index (χ0n) is 15.5. The summed E-state index contributed by atoms with van der Waals surface area (Å²) in [4.78, 5) is 6.78. The Labute approximate surface area is 158 Å². The number of rotatable bonds is 5. The lowest BCUT2D eigenvalue weighted by Gasteiger charge is -2.21. The lowest BCUT2D eigenvalue weighted by molar-refractivity contribution is 0.169. The third kappa shape index (κ3) is 3.86. The Morgan fingerprint density at radius 3 is 2.59 bits per heavy atom. The molecule has 2 heterocycles. The van der Waals surface area contributed by atoms with E-state index in [0.717, 1.165) is 17.9 Å². The monoisotopic (exact) mass is 365 g/mol. The van der Waals surface area contributed by atoms with E-state index < -0.39 is 6.10 Å². The standard InChI is InChI=1S/C21H23N3O3/c1-14-3-5-15(6-4-14)12-24-13-17(25)11-19(24)21-22-20(23-27-21)16-7-9-18(26-2)10-8-16/h3-10,17,19,25H,11-13H2,1-2H3. The average Bonchev–Trinajstić information content (AvgIpc) is 3.30. The first kappa shape index (κ1) is 17.7. The Balaban J connectivity index is 1.53. The molecule has 2 atom stereocenters. The van der Waals surface area contributed by atoms with Crippen LogP contribution in [0.15, 0.2) is 53.1 Å². The molecule has 1 aromatic heterocycles. The summed E-state index contributed by atoms with van der Waals surface area (Å²) in [5, 5.41) is 14.3. The number of benzene rings is 2. The molecule has 0 spiro atoms. The van der Waals surface area contributed by atoms with Crippen LogP contribution in [0.5, 0.6) is 5.75 Å². The fourth-order valence-electron chi connectivity index (χ4n) is 3.47. The second-order valence-corrected chi connectivity index (χ2v) is 7.01. The number of aliphatic hydroxyl groups excluding tert-OH is 1. The molecule has 0 amide bonds. The van der Waals surface area contributed by atoms with Crippen LogP contribution in [-0.2, 0) is 6.54 Å². The molecule has 4 rings (SSSR count). The van der Waals surface area contributed by atoms with Crippen molar-refractivity contribution in [2.45, 2.75) is 32.0 Å². The molecule has 140 valence electrons. The number of aryl methyl sites for hydroxylation is 1. The van der Waals surface area contributed by atoms with Gasteiger partial charge in [-0.1, -0.05) is 35.0 Å². The quantitative estimate of drug-likeness (QED) is 0.747. The molecule has 1 N–H and O–H groups in total. The molecule has 27 heavy (non-hydrogen) atoms. The van der Waals surface area contributed by atoms with Crippen LogP contribution in [0.2, 0.25) is 0 Å². The van der Waals surface area contributed by atoms with Crippen molar-refractivity contribution in [2.75, 3.05) is 13.7 Å². The smallest absolute Gasteiger partial charge is 0.244 e. The summed E-state index contributed by atoms with van der Waals surface area (Å²) in [6, 6.07) is 15.9. The van der Waals surface area contributed by atoms with Crippen LogP contribution in [-0.4, -0.2) is 39.9 Å². The molecule has 3 aromatic rings. The predicted octanol–water partition coefficient (Wildman–Crippen LogP) is 3.36. The Bertz CT molecular complexity index is 890. The molecular formula is C21H23N3O3. The first-order valence-corrected chi connectivity index (χ1v) is 9.08. The van der Waals surface area contributed by atoms with Crippen molar-refractivity contribution < 1.29 is 14.4 Å². The van der Waals surface area contributed by atoms with Gasteiger partial charge in [0, 0.05) is 18.7 Å². The number of methoxy groups -OCH3 is 1. The van der Waals surface area contributed by atoms with Crippen LogP contribution in [0.1, 0.15) is 29.5 Å². The van der Waals surface area contributed by atoms with E-state index in [9.17, 15) is 5.11 Å². The summed E-state index contributed by atoms with van der Waals surface area (Å²) >= 11 is 0. The van der Waals surface area contributed by atoms with Gasteiger partial charge in [-0.05, 0) is 43.2 Å². The number of β-amino-alcohol motifs (C(OH)–C–C–N with tert-alkyl or cyclic N) is 1. The topological polar surface area (TPSA) is 71.6 Å². The SMILES string of the molecule is COc1ccc(-c2noc(C3CC(O)CN3Cc3ccc(C)cc3)n2)cc1. The minimum absolute atomic E-state index is 0.0826. The van der Waals surface area contributed by atoms with Gasteiger partial charge in [0.25, 0.3) is 0 Å². The zero-order valence-corrected chi connectivity index (χ0v) is 15.5. The van der Waals surface area contributed by atoms with Crippen molar-refractivity contribution in [3.63, 3.8) is 0 Å². The van der Waals surface area contributed by atoms with E-state index >= 15 is 0 Å². The minimum Gasteiger partial charge on any atom is -0.497 e. The van der Waals surface area contributed by atoms with Gasteiger partial charge < -0.3 is 14.4 Å². The van der Waals surface area contributed by atoms with E-state index in [4.69, 9.17) is 9.26 Å². The molecule has 2 unspecified atom stereocenters. The van der Waals surface area contributed by atoms with Crippen molar-refractivity contribution in [3.05, 3.63) is 65.5 Å². The normalized spacial score (nSPS) is 20.1. The number of nitrogens with zero attached hydrogens (tertiary/aromatic N) is 3. The third-order valence-electron chi connectivity index (χ3n) is 4.96. The maximum Gasteiger partial charge on any atom is 0.244 e. The maximum atomic E-state index is 10.2. The summed E-state index contributed by atoms with van der Waals surface area (Å²) in [5.74, 6) is 1.87. The van der Waals surface area contributed by atoms with Gasteiger partial charge in [0.2, 0.25) is 11.7 Å². The van der Waals surface area contributed by atoms with Crippen molar-refractivity contribution in [1.82, 2.24) is 15.0 Å². The molecule has 1 saturated heterocycles. The number of hydrogen-bond donors (Lipinski definition) is 1. The van der Waals surface area contributed by atoms with Crippen molar-refractivity contribution in [3.8, 4) is 17.1 Å². The summed E-state index contributed by atoms with van der Waals surface area (Å²) in [5.41, 5.74) is 3.31. The van der Waals surface area contributed by atoms with Crippen LogP contribution >= 0.6 is 0 Å². The number of likely N-dealkylation sites (tertiary alicyclic amines) is 1. The molecule has 1 aliphatic rings. The molecular weight excluding hydrogens is 342 g/mol. The second-order valence-electron chi connectivity index (χ2n) is 7.01. The average molecular weight is 365 g/mol. The number of aromatic nitrogens is 2.